The number of allylic oxidation sites excluding steroid dienone is 1. The van der Waals surface area contributed by atoms with Gasteiger partial charge >= 0.3 is 5.97 Å². The first kappa shape index (κ1) is 16.2. The number of hydrogen-bond donors (Lipinski definition) is 2. The van der Waals surface area contributed by atoms with Crippen LogP contribution in [0.4, 0.5) is 5.13 Å². The molecule has 2 amide bonds. The monoisotopic (exact) mass is 379 g/mol. The van der Waals surface area contributed by atoms with E-state index < -0.39 is 17.9 Å². The highest BCUT2D eigenvalue weighted by molar-refractivity contribution is 8.00. The molecule has 2 atom stereocenters. The van der Waals surface area contributed by atoms with Crippen LogP contribution < -0.4 is 10.6 Å². The predicted molar refractivity (Wildman–Crippen MR) is 90.7 cm³/mol. The van der Waals surface area contributed by atoms with Gasteiger partial charge in [-0.25, -0.2) is 4.79 Å². The van der Waals surface area contributed by atoms with Gasteiger partial charge in [-0.3, -0.25) is 19.4 Å². The van der Waals surface area contributed by atoms with Crippen molar-refractivity contribution in [1.82, 2.24) is 15.1 Å². The Bertz CT molecular complexity index is 834. The van der Waals surface area contributed by atoms with Crippen molar-refractivity contribution in [3.05, 3.63) is 28.4 Å². The minimum atomic E-state index is -1.19. The molecule has 0 aliphatic carbocycles. The van der Waals surface area contributed by atoms with E-state index in [0.717, 1.165) is 0 Å². The first-order valence-corrected chi connectivity index (χ1v) is 9.37. The molecule has 0 aromatic carbocycles. The number of carbonyl (C=O) groups is 3. The lowest BCUT2D eigenvalue weighted by Crippen LogP contribution is -2.68. The first-order chi connectivity index (χ1) is 12.0. The third kappa shape index (κ3) is 2.46. The standard InChI is InChI=1S/C14H13N5O4S2/c15-8-11(21)19-9(13(22)23)7(4-24-12(8)19)3-6-1-2-18(10(6)20)14-17-16-5-25-14/h3,5,8,12H,1-2,4,15H2,(H,22,23)/b6-3+/t8-,12-/m1/s1. The lowest BCUT2D eigenvalue weighted by molar-refractivity contribution is -0.147. The summed E-state index contributed by atoms with van der Waals surface area (Å²) in [5.74, 6) is -1.42. The maximum atomic E-state index is 12.5. The second kappa shape index (κ2) is 5.93. The van der Waals surface area contributed by atoms with Crippen LogP contribution in [0.2, 0.25) is 0 Å². The van der Waals surface area contributed by atoms with Gasteiger partial charge in [-0.2, -0.15) is 0 Å². The zero-order chi connectivity index (χ0) is 17.7. The normalized spacial score (nSPS) is 27.8. The van der Waals surface area contributed by atoms with Crippen LogP contribution in [0.15, 0.2) is 28.4 Å². The molecule has 1 aromatic heterocycles. The van der Waals surface area contributed by atoms with Crippen LogP contribution in [0.1, 0.15) is 6.42 Å². The molecule has 2 fully saturated rings. The van der Waals surface area contributed by atoms with Gasteiger partial charge in [0.25, 0.3) is 5.91 Å². The van der Waals surface area contributed by atoms with Crippen molar-refractivity contribution in [2.45, 2.75) is 17.8 Å². The Morgan fingerprint density at radius 3 is 2.92 bits per heavy atom. The highest BCUT2D eigenvalue weighted by atomic mass is 32.2. The van der Waals surface area contributed by atoms with Crippen molar-refractivity contribution >= 4 is 46.0 Å². The summed E-state index contributed by atoms with van der Waals surface area (Å²) >= 11 is 2.67. The molecule has 0 unspecified atom stereocenters. The van der Waals surface area contributed by atoms with Crippen molar-refractivity contribution in [3.63, 3.8) is 0 Å². The van der Waals surface area contributed by atoms with Crippen LogP contribution >= 0.6 is 23.1 Å². The number of carboxylic acids is 1. The number of aromatic nitrogens is 2. The van der Waals surface area contributed by atoms with E-state index in [1.807, 2.05) is 0 Å². The van der Waals surface area contributed by atoms with Crippen molar-refractivity contribution in [3.8, 4) is 0 Å². The lowest BCUT2D eigenvalue weighted by Gasteiger charge is -2.47. The largest absolute Gasteiger partial charge is 0.477 e. The predicted octanol–water partition coefficient (Wildman–Crippen LogP) is -0.218. The van der Waals surface area contributed by atoms with E-state index in [9.17, 15) is 19.5 Å². The maximum Gasteiger partial charge on any atom is 0.352 e. The van der Waals surface area contributed by atoms with Crippen LogP contribution in [0.25, 0.3) is 0 Å². The summed E-state index contributed by atoms with van der Waals surface area (Å²) in [4.78, 5) is 38.9. The fourth-order valence-corrected chi connectivity index (χ4v) is 4.91. The van der Waals surface area contributed by atoms with Crippen LogP contribution in [0.5, 0.6) is 0 Å². The quantitative estimate of drug-likeness (QED) is 0.545. The van der Waals surface area contributed by atoms with Gasteiger partial charge in [0.15, 0.2) is 0 Å². The SMILES string of the molecule is N[C@@H]1C(=O)N2C(C(=O)O)=C(/C=C3\CCN(c4nncs4)C3=O)CS[C@H]12. The molecule has 3 aliphatic rings. The molecule has 1 aromatic rings. The summed E-state index contributed by atoms with van der Waals surface area (Å²) in [6.07, 6.45) is 2.07. The van der Waals surface area contributed by atoms with Crippen LogP contribution in [-0.2, 0) is 14.4 Å². The number of anilines is 1. The molecule has 0 radical (unpaired) electrons. The Balaban J connectivity index is 1.67. The van der Waals surface area contributed by atoms with Gasteiger partial charge in [0.1, 0.15) is 22.6 Å². The molecule has 4 rings (SSSR count). The number of nitrogens with two attached hydrogens (primary N) is 1. The average Bonchev–Trinajstić information content (AvgIpc) is 3.24. The smallest absolute Gasteiger partial charge is 0.352 e. The van der Waals surface area contributed by atoms with E-state index >= 15 is 0 Å². The number of hydrogen-bond acceptors (Lipinski definition) is 8. The molecule has 0 saturated carbocycles. The maximum absolute atomic E-state index is 12.5. The molecule has 11 heteroatoms. The number of rotatable bonds is 3. The highest BCUT2D eigenvalue weighted by Crippen LogP contribution is 2.40. The second-order valence-corrected chi connectivity index (χ2v) is 7.63. The molecule has 0 spiro atoms. The highest BCUT2D eigenvalue weighted by Gasteiger charge is 2.51. The lowest BCUT2D eigenvalue weighted by atomic mass is 10.0. The van der Waals surface area contributed by atoms with Crippen LogP contribution in [0, 0.1) is 0 Å². The first-order valence-electron chi connectivity index (χ1n) is 7.44. The van der Waals surface area contributed by atoms with Gasteiger partial charge in [-0.05, 0) is 18.1 Å². The Labute approximate surface area is 150 Å². The minimum absolute atomic E-state index is 0.0786. The molecule has 3 N–H and O–H groups in total. The van der Waals surface area contributed by atoms with Gasteiger partial charge in [0.05, 0.1) is 0 Å². The number of β-lactam (4-membered cyclic amide) rings is 1. The number of nitrogens with zero attached hydrogens (tertiary/aromatic N) is 4. The third-order valence-corrected chi connectivity index (χ3v) is 6.33. The number of aliphatic carboxylic acids is 1. The van der Waals surface area contributed by atoms with Crippen LogP contribution in [-0.4, -0.2) is 61.7 Å². The van der Waals surface area contributed by atoms with Crippen molar-refractivity contribution < 1.29 is 19.5 Å². The second-order valence-electron chi connectivity index (χ2n) is 5.71. The van der Waals surface area contributed by atoms with Gasteiger partial charge < -0.3 is 10.8 Å². The fraction of sp³-hybridized carbons (Fsp3) is 0.357. The Morgan fingerprint density at radius 1 is 1.44 bits per heavy atom. The molecule has 3 aliphatic heterocycles. The van der Waals surface area contributed by atoms with Crippen molar-refractivity contribution in [1.29, 1.82) is 0 Å². The summed E-state index contributed by atoms with van der Waals surface area (Å²) in [6.45, 7) is 0.471. The number of carboxylic acid groups (broad SMARTS) is 1. The Morgan fingerprint density at radius 2 is 2.24 bits per heavy atom. The van der Waals surface area contributed by atoms with Gasteiger partial charge in [0.2, 0.25) is 11.0 Å². The number of amides is 2. The summed E-state index contributed by atoms with van der Waals surface area (Å²) in [5.41, 5.74) is 8.15. The summed E-state index contributed by atoms with van der Waals surface area (Å²) in [7, 11) is 0. The van der Waals surface area contributed by atoms with Crippen LogP contribution in [0.3, 0.4) is 0 Å². The average molecular weight is 379 g/mol. The molecule has 2 saturated heterocycles. The molecule has 9 nitrogen and oxygen atoms in total. The van der Waals surface area contributed by atoms with E-state index in [1.165, 1.54) is 32.9 Å². The summed E-state index contributed by atoms with van der Waals surface area (Å²) < 4.78 is 0. The van der Waals surface area contributed by atoms with E-state index in [1.54, 1.807) is 11.6 Å². The van der Waals surface area contributed by atoms with Crippen molar-refractivity contribution in [2.75, 3.05) is 17.2 Å². The molecule has 25 heavy (non-hydrogen) atoms. The van der Waals surface area contributed by atoms with E-state index in [2.05, 4.69) is 10.2 Å². The third-order valence-electron chi connectivity index (χ3n) is 4.29. The van der Waals surface area contributed by atoms with E-state index in [-0.39, 0.29) is 17.0 Å². The topological polar surface area (TPSA) is 130 Å². The minimum Gasteiger partial charge on any atom is -0.477 e. The zero-order valence-electron chi connectivity index (χ0n) is 12.8. The molecular weight excluding hydrogens is 366 g/mol. The Hall–Kier alpha value is -2.24. The van der Waals surface area contributed by atoms with Gasteiger partial charge in [0, 0.05) is 17.9 Å². The van der Waals surface area contributed by atoms with E-state index in [0.29, 0.717) is 35.0 Å². The van der Waals surface area contributed by atoms with E-state index in [4.69, 9.17) is 5.73 Å². The summed E-state index contributed by atoms with van der Waals surface area (Å²) in [6, 6.07) is -0.672. The van der Waals surface area contributed by atoms with Gasteiger partial charge in [-0.15, -0.1) is 22.0 Å². The molecule has 130 valence electrons. The van der Waals surface area contributed by atoms with Gasteiger partial charge in [-0.1, -0.05) is 11.3 Å². The molecule has 0 bridgehead atoms. The fourth-order valence-electron chi connectivity index (χ4n) is 3.08. The zero-order valence-corrected chi connectivity index (χ0v) is 14.4. The summed E-state index contributed by atoms with van der Waals surface area (Å²) in [5, 5.41) is 17.3. The molecule has 4 heterocycles. The van der Waals surface area contributed by atoms with Crippen molar-refractivity contribution in [2.24, 2.45) is 5.73 Å². The Kier molecular flexibility index (Phi) is 3.85. The number of carbonyl (C=O) groups excluding carboxylic acids is 2. The number of thioether (sulfide) groups is 1. The molecular formula is C14H13N5O4S2. The number of fused-ring (bicyclic) bond motifs is 1.